The molecule has 0 fully saturated rings. The molecule has 0 aliphatic heterocycles. The monoisotopic (exact) mass is 519 g/mol. The number of nitrogens with zero attached hydrogens (tertiary/aromatic N) is 6. The van der Waals surface area contributed by atoms with E-state index < -0.39 is 0 Å². The van der Waals surface area contributed by atoms with E-state index in [0.717, 1.165) is 22.6 Å². The van der Waals surface area contributed by atoms with Gasteiger partial charge in [0, 0.05) is 16.1 Å². The summed E-state index contributed by atoms with van der Waals surface area (Å²) in [6.07, 6.45) is 0. The number of thioether (sulfide) groups is 1. The number of amides is 1. The van der Waals surface area contributed by atoms with Crippen LogP contribution in [-0.2, 0) is 4.79 Å². The summed E-state index contributed by atoms with van der Waals surface area (Å²) < 4.78 is 3.59. The van der Waals surface area contributed by atoms with Gasteiger partial charge >= 0.3 is 0 Å². The Kier molecular flexibility index (Phi) is 7.03. The number of hydrogen-bond donors (Lipinski definition) is 1. The summed E-state index contributed by atoms with van der Waals surface area (Å²) in [5, 5.41) is 19.4. The fourth-order valence-electron chi connectivity index (χ4n) is 3.31. The van der Waals surface area contributed by atoms with E-state index in [9.17, 15) is 4.79 Å². The van der Waals surface area contributed by atoms with Gasteiger partial charge in [0.15, 0.2) is 0 Å². The Labute approximate surface area is 213 Å². The van der Waals surface area contributed by atoms with Crippen molar-refractivity contribution in [3.63, 3.8) is 0 Å². The smallest absolute Gasteiger partial charge is 0.250 e. The Hall–Kier alpha value is -3.73. The van der Waals surface area contributed by atoms with Crippen molar-refractivity contribution in [3.05, 3.63) is 100 Å². The van der Waals surface area contributed by atoms with Crippen LogP contribution < -0.4 is 10.2 Å². The maximum Gasteiger partial charge on any atom is 0.250 e. The lowest BCUT2D eigenvalue weighted by Gasteiger charge is -2.09. The molecule has 0 spiro atoms. The van der Waals surface area contributed by atoms with E-state index in [1.165, 1.54) is 23.1 Å². The number of thiazole rings is 1. The summed E-state index contributed by atoms with van der Waals surface area (Å²) in [6, 6.07) is 27.0. The van der Waals surface area contributed by atoms with Crippen LogP contribution in [-0.4, -0.2) is 36.4 Å². The number of hydrogen-bond acceptors (Lipinski definition) is 7. The molecule has 0 saturated heterocycles. The molecule has 0 aliphatic carbocycles. The number of rotatable bonds is 7. The second-order valence-corrected chi connectivity index (χ2v) is 9.44. The molecule has 5 rings (SSSR count). The Balaban J connectivity index is 1.36. The standard InChI is InChI=1S/C24H18ClN7OS2/c25-18-13-11-17(12-14-18)21-15-34-23(31(21)19-7-3-1-4-8-19)27-26-22(33)16-35-24-28-29-30-32(24)20-9-5-2-6-10-20/h1-15H,16H2,(H,26,33)/b27-23+. The molecule has 0 radical (unpaired) electrons. The first-order chi connectivity index (χ1) is 17.2. The second-order valence-electron chi connectivity index (χ2n) is 7.23. The second kappa shape index (κ2) is 10.7. The Morgan fingerprint density at radius 2 is 1.66 bits per heavy atom. The highest BCUT2D eigenvalue weighted by atomic mass is 35.5. The molecule has 5 aromatic rings. The van der Waals surface area contributed by atoms with Crippen molar-refractivity contribution in [2.24, 2.45) is 5.10 Å². The quantitative estimate of drug-likeness (QED) is 0.251. The van der Waals surface area contributed by atoms with Gasteiger partial charge < -0.3 is 0 Å². The van der Waals surface area contributed by atoms with Gasteiger partial charge in [0.2, 0.25) is 9.96 Å². The highest BCUT2D eigenvalue weighted by Crippen LogP contribution is 2.25. The minimum Gasteiger partial charge on any atom is -0.284 e. The molecule has 2 aromatic heterocycles. The predicted molar refractivity (Wildman–Crippen MR) is 138 cm³/mol. The van der Waals surface area contributed by atoms with Crippen molar-refractivity contribution in [3.8, 4) is 22.6 Å². The van der Waals surface area contributed by atoms with Crippen molar-refractivity contribution in [1.82, 2.24) is 30.2 Å². The zero-order valence-electron chi connectivity index (χ0n) is 18.2. The lowest BCUT2D eigenvalue weighted by atomic mass is 10.1. The third-order valence-corrected chi connectivity index (χ3v) is 6.91. The van der Waals surface area contributed by atoms with E-state index >= 15 is 0 Å². The molecule has 35 heavy (non-hydrogen) atoms. The van der Waals surface area contributed by atoms with Crippen LogP contribution in [0.25, 0.3) is 22.6 Å². The average molecular weight is 520 g/mol. The first kappa shape index (κ1) is 23.0. The summed E-state index contributed by atoms with van der Waals surface area (Å²) in [7, 11) is 0. The largest absolute Gasteiger partial charge is 0.284 e. The minimum absolute atomic E-state index is 0.109. The Bertz CT molecular complexity index is 1500. The number of para-hydroxylation sites is 2. The first-order valence-corrected chi connectivity index (χ1v) is 12.7. The molecule has 1 N–H and O–H groups in total. The van der Waals surface area contributed by atoms with Crippen molar-refractivity contribution in [2.45, 2.75) is 5.16 Å². The number of nitrogens with one attached hydrogen (secondary N) is 1. The summed E-state index contributed by atoms with van der Waals surface area (Å²) in [5.74, 6) is -0.157. The number of benzene rings is 3. The number of carbonyl (C=O) groups is 1. The maximum atomic E-state index is 12.6. The normalized spacial score (nSPS) is 11.5. The lowest BCUT2D eigenvalue weighted by molar-refractivity contribution is -0.118. The van der Waals surface area contributed by atoms with Gasteiger partial charge in [-0.2, -0.15) is 4.68 Å². The van der Waals surface area contributed by atoms with Crippen LogP contribution in [0.1, 0.15) is 0 Å². The van der Waals surface area contributed by atoms with Crippen LogP contribution in [0.3, 0.4) is 0 Å². The lowest BCUT2D eigenvalue weighted by Crippen LogP contribution is -2.25. The molecule has 11 heteroatoms. The van der Waals surface area contributed by atoms with Crippen molar-refractivity contribution in [2.75, 3.05) is 5.75 Å². The van der Waals surface area contributed by atoms with Crippen LogP contribution in [0.5, 0.6) is 0 Å². The number of tetrazole rings is 1. The van der Waals surface area contributed by atoms with Gasteiger partial charge in [-0.1, -0.05) is 71.9 Å². The Morgan fingerprint density at radius 1 is 0.971 bits per heavy atom. The third kappa shape index (κ3) is 5.35. The molecule has 1 amide bonds. The maximum absolute atomic E-state index is 12.6. The van der Waals surface area contributed by atoms with Gasteiger partial charge in [-0.15, -0.1) is 21.5 Å². The summed E-state index contributed by atoms with van der Waals surface area (Å²) in [4.78, 5) is 13.2. The molecule has 0 aliphatic rings. The van der Waals surface area contributed by atoms with Gasteiger partial charge in [0.25, 0.3) is 5.91 Å². The van der Waals surface area contributed by atoms with E-state index in [1.807, 2.05) is 94.9 Å². The van der Waals surface area contributed by atoms with Crippen LogP contribution >= 0.6 is 34.7 Å². The highest BCUT2D eigenvalue weighted by Gasteiger charge is 2.13. The molecule has 2 heterocycles. The molecular formula is C24H18ClN7OS2. The van der Waals surface area contributed by atoms with Gasteiger partial charge in [-0.05, 0) is 52.4 Å². The van der Waals surface area contributed by atoms with Gasteiger partial charge in [-0.25, -0.2) is 5.43 Å². The number of carbonyl (C=O) groups excluding carboxylic acids is 1. The van der Waals surface area contributed by atoms with E-state index in [-0.39, 0.29) is 11.7 Å². The molecular weight excluding hydrogens is 502 g/mol. The summed E-state index contributed by atoms with van der Waals surface area (Å²) in [5.41, 5.74) is 6.35. The van der Waals surface area contributed by atoms with E-state index in [2.05, 4.69) is 26.1 Å². The molecule has 0 atom stereocenters. The minimum atomic E-state index is -0.265. The SMILES string of the molecule is O=C(CSc1nnnn1-c1ccccc1)N/N=c1/scc(-c2ccc(Cl)cc2)n1-c1ccccc1. The summed E-state index contributed by atoms with van der Waals surface area (Å²) in [6.45, 7) is 0. The number of halogens is 1. The van der Waals surface area contributed by atoms with Crippen LogP contribution in [0, 0.1) is 0 Å². The van der Waals surface area contributed by atoms with Gasteiger partial charge in [0.1, 0.15) is 0 Å². The topological polar surface area (TPSA) is 90.0 Å². The molecule has 0 unspecified atom stereocenters. The zero-order valence-corrected chi connectivity index (χ0v) is 20.5. The fourth-order valence-corrected chi connectivity index (χ4v) is 4.99. The molecule has 0 bridgehead atoms. The van der Waals surface area contributed by atoms with Crippen molar-refractivity contribution >= 4 is 40.6 Å². The molecule has 3 aromatic carbocycles. The van der Waals surface area contributed by atoms with Gasteiger partial charge in [0.05, 0.1) is 17.1 Å². The zero-order chi connectivity index (χ0) is 24.0. The van der Waals surface area contributed by atoms with Crippen LogP contribution in [0.15, 0.2) is 101 Å². The molecule has 174 valence electrons. The van der Waals surface area contributed by atoms with Crippen LogP contribution in [0.4, 0.5) is 0 Å². The predicted octanol–water partition coefficient (Wildman–Crippen LogP) is 4.56. The molecule has 8 nitrogen and oxygen atoms in total. The fraction of sp³-hybridized carbons (Fsp3) is 0.0417. The van der Waals surface area contributed by atoms with E-state index in [4.69, 9.17) is 11.6 Å². The van der Waals surface area contributed by atoms with Crippen LogP contribution in [0.2, 0.25) is 5.02 Å². The average Bonchev–Trinajstić information content (AvgIpc) is 3.55. The highest BCUT2D eigenvalue weighted by molar-refractivity contribution is 7.99. The third-order valence-electron chi connectivity index (χ3n) is 4.91. The number of aromatic nitrogens is 5. The van der Waals surface area contributed by atoms with Crippen molar-refractivity contribution in [1.29, 1.82) is 0 Å². The van der Waals surface area contributed by atoms with E-state index in [1.54, 1.807) is 4.68 Å². The Morgan fingerprint density at radius 3 is 2.37 bits per heavy atom. The summed E-state index contributed by atoms with van der Waals surface area (Å²) >= 11 is 8.74. The van der Waals surface area contributed by atoms with E-state index in [0.29, 0.717) is 15.0 Å². The van der Waals surface area contributed by atoms with Gasteiger partial charge in [-0.3, -0.25) is 9.36 Å². The molecule has 0 saturated carbocycles. The first-order valence-electron chi connectivity index (χ1n) is 10.5. The van der Waals surface area contributed by atoms with Crippen molar-refractivity contribution < 1.29 is 4.79 Å².